The van der Waals surface area contributed by atoms with Gasteiger partial charge in [-0.25, -0.2) is 0 Å². The van der Waals surface area contributed by atoms with Crippen molar-refractivity contribution < 1.29 is 14.4 Å². The van der Waals surface area contributed by atoms with Crippen molar-refractivity contribution in [3.05, 3.63) is 30.3 Å². The minimum absolute atomic E-state index is 0.127. The number of carboxylic acid groups (broad SMARTS) is 1. The first-order chi connectivity index (χ1) is 10.4. The van der Waals surface area contributed by atoms with Gasteiger partial charge in [0.1, 0.15) is 5.69 Å². The van der Waals surface area contributed by atoms with Crippen LogP contribution in [0.4, 0.5) is 11.6 Å². The van der Waals surface area contributed by atoms with E-state index in [0.717, 1.165) is 11.3 Å². The Bertz CT molecular complexity index is 632. The lowest BCUT2D eigenvalue weighted by Gasteiger charge is -2.22. The fourth-order valence-corrected chi connectivity index (χ4v) is 2.06. The highest BCUT2D eigenvalue weighted by atomic mass is 16.5. The number of rotatable bonds is 6. The molecule has 1 aromatic carbocycles. The van der Waals surface area contributed by atoms with E-state index in [-0.39, 0.29) is 5.92 Å². The van der Waals surface area contributed by atoms with Gasteiger partial charge in [-0.1, -0.05) is 31.1 Å². The van der Waals surface area contributed by atoms with Crippen molar-refractivity contribution in [2.75, 3.05) is 24.3 Å². The topological polar surface area (TPSA) is 81.4 Å². The van der Waals surface area contributed by atoms with E-state index in [1.807, 2.05) is 43.3 Å². The van der Waals surface area contributed by atoms with Gasteiger partial charge in [-0.2, -0.15) is 0 Å². The zero-order chi connectivity index (χ0) is 16.3. The van der Waals surface area contributed by atoms with Crippen molar-refractivity contribution in [2.24, 2.45) is 5.92 Å². The number of carboxylic acids is 1. The molecule has 1 heterocycles. The van der Waals surface area contributed by atoms with Crippen LogP contribution in [0.15, 0.2) is 34.9 Å². The lowest BCUT2D eigenvalue weighted by molar-refractivity contribution is -0.307. The Morgan fingerprint density at radius 3 is 2.41 bits per heavy atom. The number of benzene rings is 1. The third kappa shape index (κ3) is 3.58. The molecule has 0 amide bonds. The molecule has 0 aliphatic carbocycles. The highest BCUT2D eigenvalue weighted by molar-refractivity contribution is 5.75. The maximum atomic E-state index is 11.1. The smallest absolute Gasteiger partial charge is 0.225 e. The van der Waals surface area contributed by atoms with Crippen LogP contribution in [0.3, 0.4) is 0 Å². The van der Waals surface area contributed by atoms with Gasteiger partial charge in [-0.05, 0) is 18.1 Å². The molecule has 0 aliphatic heterocycles. The Kier molecular flexibility index (Phi) is 4.70. The van der Waals surface area contributed by atoms with E-state index in [4.69, 9.17) is 4.52 Å². The molecule has 1 atom stereocenters. The summed E-state index contributed by atoms with van der Waals surface area (Å²) >= 11 is 0. The lowest BCUT2D eigenvalue weighted by atomic mass is 10.1. The number of hydrogen-bond acceptors (Lipinski definition) is 6. The normalized spacial score (nSPS) is 12.2. The quantitative estimate of drug-likeness (QED) is 0.872. The van der Waals surface area contributed by atoms with Crippen molar-refractivity contribution >= 4 is 17.5 Å². The van der Waals surface area contributed by atoms with Gasteiger partial charge in [0.25, 0.3) is 0 Å². The van der Waals surface area contributed by atoms with Gasteiger partial charge in [-0.3, -0.25) is 0 Å². The molecule has 1 aromatic heterocycles. The average molecular weight is 302 g/mol. The van der Waals surface area contributed by atoms with E-state index in [1.165, 1.54) is 0 Å². The standard InChI is InChI=1S/C16H21N3O3/c1-10(2)15(16(20)21)17-14-9-13(18-22-14)11-5-7-12(8-6-11)19(3)4/h5-10,15,17H,1-4H3,(H,20,21)/p-1/t15-/m1/s1. The number of carbonyl (C=O) groups is 1. The number of aromatic nitrogens is 1. The Morgan fingerprint density at radius 1 is 1.27 bits per heavy atom. The van der Waals surface area contributed by atoms with Crippen molar-refractivity contribution in [1.82, 2.24) is 5.16 Å². The second kappa shape index (κ2) is 6.51. The monoisotopic (exact) mass is 302 g/mol. The SMILES string of the molecule is CC(C)[C@@H](Nc1cc(-c2ccc(N(C)C)cc2)no1)C(=O)[O-]. The largest absolute Gasteiger partial charge is 0.548 e. The first-order valence-electron chi connectivity index (χ1n) is 7.10. The van der Waals surface area contributed by atoms with Crippen LogP contribution >= 0.6 is 0 Å². The van der Waals surface area contributed by atoms with Crippen LogP contribution < -0.4 is 15.3 Å². The summed E-state index contributed by atoms with van der Waals surface area (Å²) in [6.45, 7) is 3.59. The maximum Gasteiger partial charge on any atom is 0.225 e. The van der Waals surface area contributed by atoms with E-state index < -0.39 is 12.0 Å². The van der Waals surface area contributed by atoms with Gasteiger partial charge in [0, 0.05) is 31.4 Å². The summed E-state index contributed by atoms with van der Waals surface area (Å²) in [4.78, 5) is 13.1. The van der Waals surface area contributed by atoms with Gasteiger partial charge < -0.3 is 24.6 Å². The highest BCUT2D eigenvalue weighted by Gasteiger charge is 2.17. The molecule has 0 aliphatic rings. The molecule has 6 heteroatoms. The summed E-state index contributed by atoms with van der Waals surface area (Å²) in [7, 11) is 3.94. The van der Waals surface area contributed by atoms with Gasteiger partial charge in [0.2, 0.25) is 5.88 Å². The molecule has 0 spiro atoms. The molecule has 22 heavy (non-hydrogen) atoms. The second-order valence-corrected chi connectivity index (χ2v) is 5.70. The molecule has 0 saturated carbocycles. The molecule has 0 radical (unpaired) electrons. The van der Waals surface area contributed by atoms with Crippen molar-refractivity contribution in [2.45, 2.75) is 19.9 Å². The van der Waals surface area contributed by atoms with Crippen molar-refractivity contribution in [3.8, 4) is 11.3 Å². The van der Waals surface area contributed by atoms with Crippen LogP contribution in [0.5, 0.6) is 0 Å². The Labute approximate surface area is 129 Å². The zero-order valence-corrected chi connectivity index (χ0v) is 13.2. The summed E-state index contributed by atoms with van der Waals surface area (Å²) in [6.07, 6.45) is 0. The van der Waals surface area contributed by atoms with Crippen LogP contribution in [-0.2, 0) is 4.79 Å². The number of nitrogens with zero attached hydrogens (tertiary/aromatic N) is 2. The van der Waals surface area contributed by atoms with E-state index in [2.05, 4.69) is 10.5 Å². The van der Waals surface area contributed by atoms with Gasteiger partial charge >= 0.3 is 0 Å². The molecular weight excluding hydrogens is 282 g/mol. The van der Waals surface area contributed by atoms with Crippen LogP contribution in [-0.4, -0.2) is 31.3 Å². The van der Waals surface area contributed by atoms with Crippen LogP contribution in [0.2, 0.25) is 0 Å². The summed E-state index contributed by atoms with van der Waals surface area (Å²) in [5.74, 6) is -0.976. The number of hydrogen-bond donors (Lipinski definition) is 1. The minimum atomic E-state index is -1.16. The molecule has 118 valence electrons. The van der Waals surface area contributed by atoms with E-state index >= 15 is 0 Å². The van der Waals surface area contributed by atoms with E-state index in [9.17, 15) is 9.90 Å². The van der Waals surface area contributed by atoms with E-state index in [1.54, 1.807) is 19.9 Å². The third-order valence-corrected chi connectivity index (χ3v) is 3.41. The predicted octanol–water partition coefficient (Wildman–Crippen LogP) is 1.59. The van der Waals surface area contributed by atoms with Crippen molar-refractivity contribution in [1.29, 1.82) is 0 Å². The Morgan fingerprint density at radius 2 is 1.91 bits per heavy atom. The molecule has 1 N–H and O–H groups in total. The summed E-state index contributed by atoms with van der Waals surface area (Å²) in [5.41, 5.74) is 2.63. The third-order valence-electron chi connectivity index (χ3n) is 3.41. The molecule has 0 unspecified atom stereocenters. The fraction of sp³-hybridized carbons (Fsp3) is 0.375. The molecular formula is C16H20N3O3-. The molecule has 0 bridgehead atoms. The van der Waals surface area contributed by atoms with E-state index in [0.29, 0.717) is 11.6 Å². The first kappa shape index (κ1) is 15.9. The van der Waals surface area contributed by atoms with Crippen LogP contribution in [0, 0.1) is 5.92 Å². The molecule has 0 fully saturated rings. The predicted molar refractivity (Wildman–Crippen MR) is 83.5 cm³/mol. The van der Waals surface area contributed by atoms with Gasteiger partial charge in [0.05, 0.1) is 12.0 Å². The molecule has 0 saturated heterocycles. The lowest BCUT2D eigenvalue weighted by Crippen LogP contribution is -2.44. The summed E-state index contributed by atoms with van der Waals surface area (Å²) in [5, 5.41) is 17.8. The molecule has 2 rings (SSSR count). The average Bonchev–Trinajstić information content (AvgIpc) is 2.92. The van der Waals surface area contributed by atoms with Gasteiger partial charge in [-0.15, -0.1) is 0 Å². The molecule has 2 aromatic rings. The highest BCUT2D eigenvalue weighted by Crippen LogP contribution is 2.24. The Hall–Kier alpha value is -2.50. The van der Waals surface area contributed by atoms with Crippen LogP contribution in [0.1, 0.15) is 13.8 Å². The summed E-state index contributed by atoms with van der Waals surface area (Å²) in [6, 6.07) is 8.70. The number of carbonyl (C=O) groups excluding carboxylic acids is 1. The van der Waals surface area contributed by atoms with Crippen molar-refractivity contribution in [3.63, 3.8) is 0 Å². The number of aliphatic carboxylic acids is 1. The number of nitrogens with one attached hydrogen (secondary N) is 1. The maximum absolute atomic E-state index is 11.1. The van der Waals surface area contributed by atoms with Crippen LogP contribution in [0.25, 0.3) is 11.3 Å². The fourth-order valence-electron chi connectivity index (χ4n) is 2.06. The first-order valence-corrected chi connectivity index (χ1v) is 7.10. The summed E-state index contributed by atoms with van der Waals surface area (Å²) < 4.78 is 5.16. The number of anilines is 2. The van der Waals surface area contributed by atoms with Gasteiger partial charge in [0.15, 0.2) is 0 Å². The molecule has 6 nitrogen and oxygen atoms in total. The Balaban J connectivity index is 2.15. The minimum Gasteiger partial charge on any atom is -0.548 e. The second-order valence-electron chi connectivity index (χ2n) is 5.70. The zero-order valence-electron chi connectivity index (χ0n) is 13.2.